The molecule has 7 nitrogen and oxygen atoms in total. The summed E-state index contributed by atoms with van der Waals surface area (Å²) in [7, 11) is 1.96. The summed E-state index contributed by atoms with van der Waals surface area (Å²) < 4.78 is 1.96. The van der Waals surface area contributed by atoms with Crippen LogP contribution in [-0.2, 0) is 6.54 Å². The molecule has 0 spiro atoms. The van der Waals surface area contributed by atoms with Crippen molar-refractivity contribution in [2.75, 3.05) is 24.2 Å². The van der Waals surface area contributed by atoms with Crippen LogP contribution in [-0.4, -0.2) is 33.3 Å². The maximum absolute atomic E-state index is 4.83. The number of fused-ring (bicyclic) bond motifs is 1. The molecule has 0 aliphatic heterocycles. The van der Waals surface area contributed by atoms with Crippen molar-refractivity contribution in [1.29, 1.82) is 0 Å². The number of nitrogens with one attached hydrogen (secondary N) is 3. The summed E-state index contributed by atoms with van der Waals surface area (Å²) >= 11 is 0. The van der Waals surface area contributed by atoms with Crippen LogP contribution in [0.5, 0.6) is 0 Å². The summed E-state index contributed by atoms with van der Waals surface area (Å²) in [5.74, 6) is 1.33. The number of aromatic nitrogens is 4. The Balaban J connectivity index is 1.71. The van der Waals surface area contributed by atoms with Gasteiger partial charge in [0.25, 0.3) is 0 Å². The van der Waals surface area contributed by atoms with Gasteiger partial charge in [0.1, 0.15) is 0 Å². The molecule has 0 fully saturated rings. The van der Waals surface area contributed by atoms with Gasteiger partial charge in [0.05, 0.1) is 5.39 Å². The summed E-state index contributed by atoms with van der Waals surface area (Å²) in [4.78, 5) is 9.31. The third-order valence-corrected chi connectivity index (χ3v) is 5.04. The average molecular weight is 402 g/mol. The van der Waals surface area contributed by atoms with E-state index in [9.17, 15) is 0 Å². The first kappa shape index (κ1) is 19.8. The van der Waals surface area contributed by atoms with Gasteiger partial charge >= 0.3 is 0 Å². The van der Waals surface area contributed by atoms with E-state index in [0.29, 0.717) is 5.95 Å². The van der Waals surface area contributed by atoms with Gasteiger partial charge in [-0.05, 0) is 57.1 Å². The first-order chi connectivity index (χ1) is 14.7. The number of para-hydroxylation sites is 2. The van der Waals surface area contributed by atoms with Crippen molar-refractivity contribution < 1.29 is 0 Å². The lowest BCUT2D eigenvalue weighted by Gasteiger charge is -2.10. The fraction of sp³-hybridized carbons (Fsp3) is 0.261. The smallest absolute Gasteiger partial charge is 0.229 e. The topological polar surface area (TPSA) is 79.7 Å². The van der Waals surface area contributed by atoms with E-state index < -0.39 is 0 Å². The maximum Gasteiger partial charge on any atom is 0.229 e. The molecule has 0 amide bonds. The predicted molar refractivity (Wildman–Crippen MR) is 123 cm³/mol. The molecule has 7 heteroatoms. The van der Waals surface area contributed by atoms with Crippen LogP contribution < -0.4 is 16.0 Å². The number of hydrogen-bond acceptors (Lipinski definition) is 6. The molecule has 0 unspecified atom stereocenters. The highest BCUT2D eigenvalue weighted by atomic mass is 15.3. The zero-order valence-corrected chi connectivity index (χ0v) is 17.6. The predicted octanol–water partition coefficient (Wildman–Crippen LogP) is 4.54. The Kier molecular flexibility index (Phi) is 5.90. The van der Waals surface area contributed by atoms with Crippen molar-refractivity contribution in [3.63, 3.8) is 0 Å². The van der Waals surface area contributed by atoms with Gasteiger partial charge in [0.15, 0.2) is 11.5 Å². The monoisotopic (exact) mass is 401 g/mol. The highest BCUT2D eigenvalue weighted by molar-refractivity contribution is 5.90. The zero-order valence-electron chi connectivity index (χ0n) is 17.6. The van der Waals surface area contributed by atoms with Gasteiger partial charge < -0.3 is 16.0 Å². The van der Waals surface area contributed by atoms with E-state index in [-0.39, 0.29) is 0 Å². The molecule has 3 N–H and O–H groups in total. The fourth-order valence-electron chi connectivity index (χ4n) is 3.45. The number of aryl methyl sites for hydroxylation is 3. The summed E-state index contributed by atoms with van der Waals surface area (Å²) in [6, 6.07) is 16.2. The quantitative estimate of drug-likeness (QED) is 0.376. The largest absolute Gasteiger partial charge is 0.338 e. The van der Waals surface area contributed by atoms with E-state index in [1.165, 1.54) is 11.1 Å². The second kappa shape index (κ2) is 8.92. The Morgan fingerprint density at radius 1 is 0.933 bits per heavy atom. The molecular formula is C23H27N7. The van der Waals surface area contributed by atoms with E-state index in [2.05, 4.69) is 53.0 Å². The van der Waals surface area contributed by atoms with Crippen molar-refractivity contribution in [1.82, 2.24) is 25.1 Å². The summed E-state index contributed by atoms with van der Waals surface area (Å²) in [5.41, 5.74) is 5.19. The zero-order chi connectivity index (χ0) is 20.9. The molecule has 2 aromatic heterocycles. The molecule has 154 valence electrons. The minimum absolute atomic E-state index is 0.557. The minimum atomic E-state index is 0.557. The SMILES string of the molecule is CNCCCn1nc(Nc2c(C)cccc2C)c2cnc(Nc3ccccc3)nc21. The summed E-state index contributed by atoms with van der Waals surface area (Å²) in [6.07, 6.45) is 2.80. The van der Waals surface area contributed by atoms with Gasteiger partial charge in [-0.15, -0.1) is 0 Å². The minimum Gasteiger partial charge on any atom is -0.338 e. The molecule has 0 saturated carbocycles. The molecule has 0 saturated heterocycles. The van der Waals surface area contributed by atoms with Crippen molar-refractivity contribution >= 4 is 34.2 Å². The highest BCUT2D eigenvalue weighted by Crippen LogP contribution is 2.29. The average Bonchev–Trinajstić information content (AvgIpc) is 3.09. The standard InChI is InChI=1S/C23H27N7/c1-16-9-7-10-17(2)20(16)27-21-19-15-25-23(26-18-11-5-4-6-12-18)28-22(19)30(29-21)14-8-13-24-3/h4-7,9-12,15,24H,8,13-14H2,1-3H3,(H,27,29)(H,25,26,28). The number of benzene rings is 2. The second-order valence-electron chi connectivity index (χ2n) is 7.34. The van der Waals surface area contributed by atoms with Crippen LogP contribution >= 0.6 is 0 Å². The van der Waals surface area contributed by atoms with Crippen molar-refractivity contribution in [3.05, 3.63) is 65.9 Å². The lowest BCUT2D eigenvalue weighted by Crippen LogP contribution is -2.12. The van der Waals surface area contributed by atoms with Gasteiger partial charge in [0, 0.05) is 24.1 Å². The van der Waals surface area contributed by atoms with Gasteiger partial charge in [-0.25, -0.2) is 9.67 Å². The van der Waals surface area contributed by atoms with Crippen LogP contribution in [0.1, 0.15) is 17.5 Å². The van der Waals surface area contributed by atoms with Crippen molar-refractivity contribution in [2.45, 2.75) is 26.8 Å². The highest BCUT2D eigenvalue weighted by Gasteiger charge is 2.15. The van der Waals surface area contributed by atoms with Crippen LogP contribution in [0.3, 0.4) is 0 Å². The van der Waals surface area contributed by atoms with Crippen LogP contribution in [0.2, 0.25) is 0 Å². The van der Waals surface area contributed by atoms with Gasteiger partial charge in [-0.2, -0.15) is 10.1 Å². The summed E-state index contributed by atoms with van der Waals surface area (Å²) in [6.45, 7) is 5.88. The molecule has 0 atom stereocenters. The molecule has 0 aliphatic rings. The normalized spacial score (nSPS) is 11.0. The van der Waals surface area contributed by atoms with Gasteiger partial charge in [0.2, 0.25) is 5.95 Å². The van der Waals surface area contributed by atoms with Crippen LogP contribution in [0.4, 0.5) is 23.1 Å². The maximum atomic E-state index is 4.83. The molecule has 2 aromatic carbocycles. The first-order valence-electron chi connectivity index (χ1n) is 10.2. The van der Waals surface area contributed by atoms with E-state index in [1.54, 1.807) is 0 Å². The van der Waals surface area contributed by atoms with E-state index in [1.807, 2.05) is 48.3 Å². The first-order valence-corrected chi connectivity index (χ1v) is 10.2. The van der Waals surface area contributed by atoms with Crippen molar-refractivity contribution in [3.8, 4) is 0 Å². The molecule has 0 aliphatic carbocycles. The van der Waals surface area contributed by atoms with E-state index in [4.69, 9.17) is 10.1 Å². The third kappa shape index (κ3) is 4.26. The molecule has 30 heavy (non-hydrogen) atoms. The molecule has 0 radical (unpaired) electrons. The number of anilines is 4. The molecule has 2 heterocycles. The molecule has 4 rings (SSSR count). The van der Waals surface area contributed by atoms with Crippen LogP contribution in [0.15, 0.2) is 54.7 Å². The van der Waals surface area contributed by atoms with Gasteiger partial charge in [-0.1, -0.05) is 36.4 Å². The second-order valence-corrected chi connectivity index (χ2v) is 7.34. The number of rotatable bonds is 8. The van der Waals surface area contributed by atoms with Crippen LogP contribution in [0.25, 0.3) is 11.0 Å². The van der Waals surface area contributed by atoms with E-state index >= 15 is 0 Å². The lowest BCUT2D eigenvalue weighted by molar-refractivity contribution is 0.575. The van der Waals surface area contributed by atoms with Crippen LogP contribution in [0, 0.1) is 13.8 Å². The third-order valence-electron chi connectivity index (χ3n) is 5.04. The Bertz CT molecular complexity index is 1110. The summed E-state index contributed by atoms with van der Waals surface area (Å²) in [5, 5.41) is 15.7. The molecule has 0 bridgehead atoms. The Morgan fingerprint density at radius 2 is 1.70 bits per heavy atom. The molecule has 4 aromatic rings. The number of nitrogens with zero attached hydrogens (tertiary/aromatic N) is 4. The van der Waals surface area contributed by atoms with Gasteiger partial charge in [-0.3, -0.25) is 0 Å². The lowest BCUT2D eigenvalue weighted by atomic mass is 10.1. The number of hydrogen-bond donors (Lipinski definition) is 3. The Labute approximate surface area is 176 Å². The van der Waals surface area contributed by atoms with E-state index in [0.717, 1.165) is 47.7 Å². The van der Waals surface area contributed by atoms with Crippen molar-refractivity contribution in [2.24, 2.45) is 0 Å². The Morgan fingerprint density at radius 3 is 2.43 bits per heavy atom. The molecular weight excluding hydrogens is 374 g/mol. The fourth-order valence-corrected chi connectivity index (χ4v) is 3.45. The Hall–Kier alpha value is -3.45.